The Hall–Kier alpha value is -1.79. The van der Waals surface area contributed by atoms with Crippen LogP contribution in [0.25, 0.3) is 0 Å². The lowest BCUT2D eigenvalue weighted by atomic mass is 10.1. The summed E-state index contributed by atoms with van der Waals surface area (Å²) in [7, 11) is 1.68. The van der Waals surface area contributed by atoms with Gasteiger partial charge in [-0.25, -0.2) is 4.79 Å². The van der Waals surface area contributed by atoms with Crippen LogP contribution in [0.1, 0.15) is 12.8 Å². The number of nitrogens with zero attached hydrogens (tertiary/aromatic N) is 3. The molecular formula is C12H19N3O4. The Labute approximate surface area is 112 Å². The fourth-order valence-corrected chi connectivity index (χ4v) is 2.32. The van der Waals surface area contributed by atoms with Gasteiger partial charge in [0, 0.05) is 39.6 Å². The van der Waals surface area contributed by atoms with Gasteiger partial charge in [0.2, 0.25) is 12.3 Å². The topological polar surface area (TPSA) is 70.2 Å². The van der Waals surface area contributed by atoms with Crippen LogP contribution in [0.4, 0.5) is 4.79 Å². The molecule has 3 amide bonds. The standard InChI is InChI=1S/C12H19N3O4/c1-13-8-10(19-12(13)18)2-3-11(17)15-6-4-14(9-16)5-7-15/h9-10H,2-8H2,1H3. The lowest BCUT2D eigenvalue weighted by Crippen LogP contribution is -2.48. The normalized spacial score (nSPS) is 23.5. The minimum Gasteiger partial charge on any atom is -0.444 e. The third-order valence-electron chi connectivity index (χ3n) is 3.55. The molecule has 1 unspecified atom stereocenters. The summed E-state index contributed by atoms with van der Waals surface area (Å²) in [4.78, 5) is 38.7. The third-order valence-corrected chi connectivity index (χ3v) is 3.55. The second-order valence-corrected chi connectivity index (χ2v) is 4.95. The molecule has 2 aliphatic heterocycles. The molecule has 0 aromatic heterocycles. The van der Waals surface area contributed by atoms with Crippen molar-refractivity contribution in [3.05, 3.63) is 0 Å². The number of likely N-dealkylation sites (N-methyl/N-ethyl adjacent to an activating group) is 1. The number of piperazine rings is 1. The number of amides is 3. The van der Waals surface area contributed by atoms with Crippen molar-refractivity contribution < 1.29 is 19.1 Å². The monoisotopic (exact) mass is 269 g/mol. The van der Waals surface area contributed by atoms with Gasteiger partial charge < -0.3 is 19.4 Å². The highest BCUT2D eigenvalue weighted by atomic mass is 16.6. The molecule has 0 bridgehead atoms. The Morgan fingerprint density at radius 3 is 2.58 bits per heavy atom. The zero-order valence-electron chi connectivity index (χ0n) is 11.1. The van der Waals surface area contributed by atoms with Gasteiger partial charge in [-0.1, -0.05) is 0 Å². The highest BCUT2D eigenvalue weighted by molar-refractivity contribution is 5.76. The summed E-state index contributed by atoms with van der Waals surface area (Å²) in [5, 5.41) is 0. The fourth-order valence-electron chi connectivity index (χ4n) is 2.32. The summed E-state index contributed by atoms with van der Waals surface area (Å²) in [5.41, 5.74) is 0. The van der Waals surface area contributed by atoms with Gasteiger partial charge in [-0.15, -0.1) is 0 Å². The number of cyclic esters (lactones) is 1. The van der Waals surface area contributed by atoms with E-state index in [1.165, 1.54) is 4.90 Å². The number of hydrogen-bond acceptors (Lipinski definition) is 4. The predicted molar refractivity (Wildman–Crippen MR) is 66.4 cm³/mol. The van der Waals surface area contributed by atoms with E-state index < -0.39 is 0 Å². The van der Waals surface area contributed by atoms with Gasteiger partial charge >= 0.3 is 6.09 Å². The summed E-state index contributed by atoms with van der Waals surface area (Å²) in [6.07, 6.45) is 1.25. The van der Waals surface area contributed by atoms with Crippen molar-refractivity contribution >= 4 is 18.4 Å². The smallest absolute Gasteiger partial charge is 0.409 e. The van der Waals surface area contributed by atoms with E-state index in [4.69, 9.17) is 4.74 Å². The van der Waals surface area contributed by atoms with Crippen molar-refractivity contribution in [1.82, 2.24) is 14.7 Å². The zero-order chi connectivity index (χ0) is 13.8. The molecule has 1 atom stereocenters. The number of hydrogen-bond donors (Lipinski definition) is 0. The minimum absolute atomic E-state index is 0.0659. The summed E-state index contributed by atoms with van der Waals surface area (Å²) in [6.45, 7) is 2.90. The third kappa shape index (κ3) is 3.36. The first-order valence-electron chi connectivity index (χ1n) is 6.49. The zero-order valence-corrected chi connectivity index (χ0v) is 11.1. The summed E-state index contributed by atoms with van der Waals surface area (Å²) >= 11 is 0. The first-order chi connectivity index (χ1) is 9.10. The van der Waals surface area contributed by atoms with Gasteiger partial charge in [0.15, 0.2) is 0 Å². The highest BCUT2D eigenvalue weighted by Crippen LogP contribution is 2.14. The predicted octanol–water partition coefficient (Wildman–Crippen LogP) is -0.482. The van der Waals surface area contributed by atoms with Crippen molar-refractivity contribution in [1.29, 1.82) is 0 Å². The van der Waals surface area contributed by atoms with E-state index in [1.807, 2.05) is 0 Å². The average molecular weight is 269 g/mol. The fraction of sp³-hybridized carbons (Fsp3) is 0.750. The molecule has 0 saturated carbocycles. The molecule has 2 rings (SSSR count). The molecule has 0 radical (unpaired) electrons. The van der Waals surface area contributed by atoms with E-state index in [0.717, 1.165) is 6.41 Å². The number of rotatable bonds is 4. The Kier molecular flexibility index (Phi) is 4.24. The Morgan fingerprint density at radius 1 is 1.37 bits per heavy atom. The lowest BCUT2D eigenvalue weighted by Gasteiger charge is -2.32. The second-order valence-electron chi connectivity index (χ2n) is 4.95. The molecule has 0 aromatic carbocycles. The molecule has 0 aliphatic carbocycles. The van der Waals surface area contributed by atoms with Gasteiger partial charge in [-0.05, 0) is 6.42 Å². The van der Waals surface area contributed by atoms with Gasteiger partial charge in [-0.3, -0.25) is 9.59 Å². The van der Waals surface area contributed by atoms with Crippen LogP contribution in [0, 0.1) is 0 Å². The van der Waals surface area contributed by atoms with Crippen molar-refractivity contribution in [2.75, 3.05) is 39.8 Å². The molecule has 19 heavy (non-hydrogen) atoms. The van der Waals surface area contributed by atoms with Gasteiger partial charge in [0.1, 0.15) is 6.10 Å². The van der Waals surface area contributed by atoms with Crippen LogP contribution in [0.15, 0.2) is 0 Å². The largest absolute Gasteiger partial charge is 0.444 e. The van der Waals surface area contributed by atoms with Crippen molar-refractivity contribution in [2.24, 2.45) is 0 Å². The maximum Gasteiger partial charge on any atom is 0.409 e. The second kappa shape index (κ2) is 5.90. The van der Waals surface area contributed by atoms with Crippen molar-refractivity contribution in [3.63, 3.8) is 0 Å². The molecule has 7 heteroatoms. The molecule has 2 heterocycles. The molecule has 2 aliphatic rings. The van der Waals surface area contributed by atoms with Gasteiger partial charge in [0.05, 0.1) is 6.54 Å². The van der Waals surface area contributed by atoms with E-state index in [1.54, 1.807) is 16.8 Å². The molecule has 2 saturated heterocycles. The average Bonchev–Trinajstić information content (AvgIpc) is 2.75. The first kappa shape index (κ1) is 13.6. The van der Waals surface area contributed by atoms with Crippen LogP contribution >= 0.6 is 0 Å². The first-order valence-corrected chi connectivity index (χ1v) is 6.49. The number of carbonyl (C=O) groups is 3. The van der Waals surface area contributed by atoms with Crippen LogP contribution in [-0.2, 0) is 14.3 Å². The van der Waals surface area contributed by atoms with Crippen molar-refractivity contribution in [3.8, 4) is 0 Å². The summed E-state index contributed by atoms with van der Waals surface area (Å²) in [5.74, 6) is 0.0659. The molecule has 0 aromatic rings. The summed E-state index contributed by atoms with van der Waals surface area (Å²) in [6, 6.07) is 0. The maximum absolute atomic E-state index is 12.0. The quantitative estimate of drug-likeness (QED) is 0.646. The molecular weight excluding hydrogens is 250 g/mol. The van der Waals surface area contributed by atoms with E-state index >= 15 is 0 Å². The van der Waals surface area contributed by atoms with E-state index in [9.17, 15) is 14.4 Å². The van der Waals surface area contributed by atoms with Crippen LogP contribution in [-0.4, -0.2) is 79.0 Å². The molecule has 0 N–H and O–H groups in total. The van der Waals surface area contributed by atoms with Crippen LogP contribution < -0.4 is 0 Å². The van der Waals surface area contributed by atoms with E-state index in [2.05, 4.69) is 0 Å². The van der Waals surface area contributed by atoms with Crippen molar-refractivity contribution in [2.45, 2.75) is 18.9 Å². The molecule has 106 valence electrons. The number of ether oxygens (including phenoxy) is 1. The molecule has 2 fully saturated rings. The Bertz CT molecular complexity index is 366. The van der Waals surface area contributed by atoms with Crippen LogP contribution in [0.5, 0.6) is 0 Å². The minimum atomic E-state index is -0.322. The van der Waals surface area contributed by atoms with E-state index in [0.29, 0.717) is 45.6 Å². The maximum atomic E-state index is 12.0. The highest BCUT2D eigenvalue weighted by Gasteiger charge is 2.29. The van der Waals surface area contributed by atoms with Gasteiger partial charge in [0.25, 0.3) is 0 Å². The Morgan fingerprint density at radius 2 is 2.05 bits per heavy atom. The molecule has 7 nitrogen and oxygen atoms in total. The molecule has 0 spiro atoms. The van der Waals surface area contributed by atoms with Crippen LogP contribution in [0.2, 0.25) is 0 Å². The lowest BCUT2D eigenvalue weighted by molar-refractivity contribution is -0.135. The van der Waals surface area contributed by atoms with Crippen LogP contribution in [0.3, 0.4) is 0 Å². The number of carbonyl (C=O) groups excluding carboxylic acids is 3. The van der Waals surface area contributed by atoms with Gasteiger partial charge in [-0.2, -0.15) is 0 Å². The summed E-state index contributed by atoms with van der Waals surface area (Å²) < 4.78 is 5.11. The Balaban J connectivity index is 1.70. The SMILES string of the molecule is CN1CC(CCC(=O)N2CCN(C=O)CC2)OC1=O. The van der Waals surface area contributed by atoms with E-state index in [-0.39, 0.29) is 18.1 Å².